The quantitative estimate of drug-likeness (QED) is 0.393. The Hall–Kier alpha value is -2.07. The zero-order valence-electron chi connectivity index (χ0n) is 19.6. The second kappa shape index (κ2) is 15.0. The zero-order chi connectivity index (χ0) is 24.1. The van der Waals surface area contributed by atoms with E-state index in [-0.39, 0.29) is 31.4 Å². The summed E-state index contributed by atoms with van der Waals surface area (Å²) in [5.74, 6) is 0.464. The number of carbonyl (C=O) groups is 2. The van der Waals surface area contributed by atoms with E-state index in [4.69, 9.17) is 31.5 Å². The van der Waals surface area contributed by atoms with Crippen molar-refractivity contribution in [1.29, 1.82) is 0 Å². The maximum atomic E-state index is 12.5. The zero-order valence-corrected chi connectivity index (χ0v) is 20.3. The van der Waals surface area contributed by atoms with Gasteiger partial charge in [0.1, 0.15) is 6.61 Å². The highest BCUT2D eigenvalue weighted by molar-refractivity contribution is 6.30. The summed E-state index contributed by atoms with van der Waals surface area (Å²) in [5, 5.41) is 5.90. The van der Waals surface area contributed by atoms with E-state index in [1.807, 2.05) is 18.2 Å². The number of nitrogens with one attached hydrogen (secondary N) is 2. The summed E-state index contributed by atoms with van der Waals surface area (Å²) < 4.78 is 16.4. The molecule has 0 saturated carbocycles. The average molecular weight is 485 g/mol. The summed E-state index contributed by atoms with van der Waals surface area (Å²) in [4.78, 5) is 25.3. The molecule has 0 bridgehead atoms. The molecule has 0 aliphatic carbocycles. The highest BCUT2D eigenvalue weighted by atomic mass is 35.5. The number of amides is 3. The molecule has 0 spiro atoms. The third kappa shape index (κ3) is 10.6. The van der Waals surface area contributed by atoms with Gasteiger partial charge in [0.2, 0.25) is 0 Å². The van der Waals surface area contributed by atoms with E-state index in [9.17, 15) is 9.59 Å². The van der Waals surface area contributed by atoms with E-state index in [1.54, 1.807) is 18.0 Å². The van der Waals surface area contributed by atoms with Crippen LogP contribution in [-0.2, 0) is 14.2 Å². The molecule has 186 valence electrons. The topological polar surface area (TPSA) is 115 Å². The highest BCUT2D eigenvalue weighted by Gasteiger charge is 2.19. The number of nitrogens with two attached hydrogens (primary N) is 1. The first-order valence-electron chi connectivity index (χ1n) is 11.4. The first-order chi connectivity index (χ1) is 15.9. The molecule has 1 aliphatic heterocycles. The Balaban J connectivity index is 1.79. The normalized spacial score (nSPS) is 17.6. The summed E-state index contributed by atoms with van der Waals surface area (Å²) >= 11 is 6.14. The van der Waals surface area contributed by atoms with E-state index in [1.165, 1.54) is 7.05 Å². The van der Waals surface area contributed by atoms with Crippen LogP contribution in [0.5, 0.6) is 0 Å². The molecule has 0 radical (unpaired) electrons. The predicted molar refractivity (Wildman–Crippen MR) is 127 cm³/mol. The lowest BCUT2D eigenvalue weighted by Crippen LogP contribution is -2.44. The predicted octanol–water partition coefficient (Wildman–Crippen LogP) is 2.93. The Kier molecular flexibility index (Phi) is 12.3. The first-order valence-corrected chi connectivity index (χ1v) is 11.8. The van der Waals surface area contributed by atoms with Gasteiger partial charge in [0.15, 0.2) is 0 Å². The van der Waals surface area contributed by atoms with Crippen LogP contribution in [0.4, 0.5) is 9.59 Å². The Labute approximate surface area is 201 Å². The average Bonchev–Trinajstić information content (AvgIpc) is 2.82. The van der Waals surface area contributed by atoms with Crippen LogP contribution in [0, 0.1) is 5.92 Å². The molecule has 9 nitrogen and oxygen atoms in total. The molecule has 1 aliphatic rings. The number of urea groups is 1. The third-order valence-electron chi connectivity index (χ3n) is 5.54. The van der Waals surface area contributed by atoms with Crippen LogP contribution in [0.25, 0.3) is 0 Å². The number of halogens is 1. The number of nitrogens with zero attached hydrogens (tertiary/aromatic N) is 1. The van der Waals surface area contributed by atoms with E-state index < -0.39 is 6.09 Å². The van der Waals surface area contributed by atoms with Crippen molar-refractivity contribution in [1.82, 2.24) is 15.5 Å². The molecule has 1 aromatic carbocycles. The van der Waals surface area contributed by atoms with Crippen molar-refractivity contribution < 1.29 is 23.8 Å². The second-order valence-corrected chi connectivity index (χ2v) is 8.71. The van der Waals surface area contributed by atoms with Gasteiger partial charge in [0.25, 0.3) is 0 Å². The third-order valence-corrected chi connectivity index (χ3v) is 5.77. The van der Waals surface area contributed by atoms with Crippen LogP contribution in [0.3, 0.4) is 0 Å². The van der Waals surface area contributed by atoms with Crippen molar-refractivity contribution in [3.8, 4) is 0 Å². The molecule has 0 unspecified atom stereocenters. The summed E-state index contributed by atoms with van der Waals surface area (Å²) in [5.41, 5.74) is 7.10. The van der Waals surface area contributed by atoms with Crippen LogP contribution < -0.4 is 16.4 Å². The summed E-state index contributed by atoms with van der Waals surface area (Å²) in [6.07, 6.45) is 2.77. The Bertz CT molecular complexity index is 733. The standard InChI is InChI=1S/C23H37ClN4O5/c1-26-23(30)33-12-11-32-21(18-6-3-7-19(24)14-18)8-9-28(2)22(29)27-15-20(25)13-17-5-4-10-31-16-17/h3,6-7,14,17,20-21H,4-5,8-13,15-16,25H2,1-2H3,(H,26,30)(H,27,29)/t17-,20+,21-/m1/s1. The van der Waals surface area contributed by atoms with Gasteiger partial charge >= 0.3 is 12.1 Å². The molecule has 3 atom stereocenters. The fraction of sp³-hybridized carbons (Fsp3) is 0.652. The lowest BCUT2D eigenvalue weighted by Gasteiger charge is -2.26. The Morgan fingerprint density at radius 1 is 1.36 bits per heavy atom. The number of benzene rings is 1. The van der Waals surface area contributed by atoms with E-state index >= 15 is 0 Å². The number of ether oxygens (including phenoxy) is 3. The molecule has 1 fully saturated rings. The van der Waals surface area contributed by atoms with Gasteiger partial charge in [-0.15, -0.1) is 0 Å². The fourth-order valence-electron chi connectivity index (χ4n) is 3.72. The van der Waals surface area contributed by atoms with Gasteiger partial charge in [-0.3, -0.25) is 0 Å². The molecule has 2 rings (SSSR count). The van der Waals surface area contributed by atoms with Gasteiger partial charge in [-0.25, -0.2) is 9.59 Å². The SMILES string of the molecule is CNC(=O)OCCO[C@H](CCN(C)C(=O)NC[C@@H](N)C[C@H]1CCCOC1)c1cccc(Cl)c1. The van der Waals surface area contributed by atoms with Crippen molar-refractivity contribution in [2.24, 2.45) is 11.7 Å². The van der Waals surface area contributed by atoms with Crippen molar-refractivity contribution in [2.45, 2.75) is 37.8 Å². The number of hydrogen-bond acceptors (Lipinski definition) is 6. The molecule has 1 heterocycles. The molecule has 3 amide bonds. The van der Waals surface area contributed by atoms with Crippen LogP contribution in [-0.4, -0.2) is 76.7 Å². The molecular weight excluding hydrogens is 448 g/mol. The van der Waals surface area contributed by atoms with Crippen molar-refractivity contribution in [2.75, 3.05) is 53.6 Å². The van der Waals surface area contributed by atoms with Gasteiger partial charge in [-0.2, -0.15) is 0 Å². The monoisotopic (exact) mass is 484 g/mol. The van der Waals surface area contributed by atoms with Gasteiger partial charge in [0.05, 0.1) is 12.7 Å². The minimum absolute atomic E-state index is 0.100. The molecule has 4 N–H and O–H groups in total. The van der Waals surface area contributed by atoms with Crippen molar-refractivity contribution >= 4 is 23.7 Å². The van der Waals surface area contributed by atoms with Crippen LogP contribution >= 0.6 is 11.6 Å². The number of carbonyl (C=O) groups excluding carboxylic acids is 2. The van der Waals surface area contributed by atoms with E-state index in [0.717, 1.165) is 38.0 Å². The number of alkyl carbamates (subject to hydrolysis) is 1. The number of rotatable bonds is 12. The summed E-state index contributed by atoms with van der Waals surface area (Å²) in [6, 6.07) is 7.11. The fourth-order valence-corrected chi connectivity index (χ4v) is 3.92. The lowest BCUT2D eigenvalue weighted by molar-refractivity contribution is 0.0144. The largest absolute Gasteiger partial charge is 0.447 e. The summed E-state index contributed by atoms with van der Waals surface area (Å²) in [7, 11) is 3.23. The van der Waals surface area contributed by atoms with Crippen molar-refractivity contribution in [3.63, 3.8) is 0 Å². The Morgan fingerprint density at radius 3 is 2.88 bits per heavy atom. The van der Waals surface area contributed by atoms with Gasteiger partial charge in [-0.05, 0) is 49.3 Å². The van der Waals surface area contributed by atoms with Crippen LogP contribution in [0.15, 0.2) is 24.3 Å². The smallest absolute Gasteiger partial charge is 0.406 e. The molecule has 33 heavy (non-hydrogen) atoms. The molecule has 0 aromatic heterocycles. The minimum Gasteiger partial charge on any atom is -0.447 e. The maximum absolute atomic E-state index is 12.5. The molecule has 10 heteroatoms. The van der Waals surface area contributed by atoms with Gasteiger partial charge in [-0.1, -0.05) is 23.7 Å². The number of hydrogen-bond donors (Lipinski definition) is 3. The lowest BCUT2D eigenvalue weighted by atomic mass is 9.95. The van der Waals surface area contributed by atoms with E-state index in [2.05, 4.69) is 10.6 Å². The first kappa shape index (κ1) is 27.2. The molecule has 1 aromatic rings. The minimum atomic E-state index is -0.511. The van der Waals surface area contributed by atoms with Crippen LogP contribution in [0.2, 0.25) is 5.02 Å². The summed E-state index contributed by atoms with van der Waals surface area (Å²) in [6.45, 7) is 2.81. The Morgan fingerprint density at radius 2 is 2.18 bits per heavy atom. The maximum Gasteiger partial charge on any atom is 0.406 e. The van der Waals surface area contributed by atoms with Crippen LogP contribution in [0.1, 0.15) is 37.4 Å². The molecular formula is C23H37ClN4O5. The van der Waals surface area contributed by atoms with Crippen molar-refractivity contribution in [3.05, 3.63) is 34.9 Å². The van der Waals surface area contributed by atoms with Gasteiger partial charge in [0, 0.05) is 51.5 Å². The molecule has 1 saturated heterocycles. The second-order valence-electron chi connectivity index (χ2n) is 8.28. The van der Waals surface area contributed by atoms with E-state index in [0.29, 0.717) is 30.5 Å². The van der Waals surface area contributed by atoms with Gasteiger partial charge < -0.3 is 35.5 Å². The highest BCUT2D eigenvalue weighted by Crippen LogP contribution is 2.24.